The van der Waals surface area contributed by atoms with Crippen LogP contribution in [0.3, 0.4) is 0 Å². The number of halogens is 3. The number of nitrogens with one attached hydrogen (secondary N) is 1. The summed E-state index contributed by atoms with van der Waals surface area (Å²) in [7, 11) is 9.76. The summed E-state index contributed by atoms with van der Waals surface area (Å²) in [6.07, 6.45) is 37.3. The Kier molecular flexibility index (Phi) is 26.3. The lowest BCUT2D eigenvalue weighted by Gasteiger charge is -2.56. The molecule has 20 rings (SSSR count). The van der Waals surface area contributed by atoms with Gasteiger partial charge in [-0.3, -0.25) is 9.19 Å². The molecular formula is C87H119Cl2FN13O4S2-. The fourth-order valence-electron chi connectivity index (χ4n) is 18.6. The largest absolute Gasteiger partial charge is 0.768 e. The van der Waals surface area contributed by atoms with Gasteiger partial charge in [0.2, 0.25) is 5.95 Å². The SMILES string of the molecule is CC12CCC(N)(CC1)CC2.CCc1nc(CS(=O)(=O)c2ccccc2Cl)ccc1-c1cc(CC)c2nc(NC34CCC(N(C)C)(CC3)CC4)ncc2c1.CCc1nc(N)ccc1-c1cc(CC)c2nc(F)ncc2c1.CN(C)C12CCC(C)(CC1)CC2.CN(C)C12CCC(N)(CC1)CC2.O=S([O-])c1ccccc1Cl. The maximum Gasteiger partial charge on any atom is 0.309 e. The van der Waals surface area contributed by atoms with E-state index in [1.165, 1.54) is 159 Å². The maximum absolute atomic E-state index is 13.3. The third-order valence-electron chi connectivity index (χ3n) is 27.1. The smallest absolute Gasteiger partial charge is 0.309 e. The van der Waals surface area contributed by atoms with Crippen molar-refractivity contribution in [1.29, 1.82) is 0 Å². The molecule has 4 heterocycles. The number of fused-ring (bicyclic) bond motifs is 14. The van der Waals surface area contributed by atoms with Gasteiger partial charge in [0.05, 0.1) is 43.1 Å². The first kappa shape index (κ1) is 83.8. The second kappa shape index (κ2) is 34.3. The molecule has 0 spiro atoms. The quantitative estimate of drug-likeness (QED) is 0.0550. The highest BCUT2D eigenvalue weighted by molar-refractivity contribution is 7.90. The standard InChI is InChI=1S/C34H40ClN5O2S.C17H17FN4.C11H21N.C10H20N2.C9H17N.C6H5ClO2S/c1-5-23-19-24(27-12-11-26(37-29(27)6-2)22-43(41,42)30-10-8-7-9-28(30)35)20-25-21-36-32(38-31(23)25)39-33-13-16-34(17-14-33,18-15-33)40(3)4;1-3-10-7-11(8-12-9-20-17(18)22-16(10)12)13-5-6-15(19)21-14(13)4-2;1-10-4-7-11(8-5-10,9-6-10)12(2)3;1-12(2)10-6-3-9(11,4-7-10)5-8-10;1-8-2-5-9(10,6-3-8)7-4-8;7-5-3-1-2-4-6(5)10(8)9/h7-12,19-21H,5-6,13-18,22H2,1-4H3,(H,36,38,39);5-9H,3-4H2,1-2H3,(H2,19,21);4-9H2,1-3H3;3-8,11H2,1-2H3;2-7,10H2,1H3;1-4H,(H,8,9)/p-1. The Morgan fingerprint density at radius 1 is 0.514 bits per heavy atom. The summed E-state index contributed by atoms with van der Waals surface area (Å²) in [5.41, 5.74) is 31.8. The summed E-state index contributed by atoms with van der Waals surface area (Å²) in [5.74, 6) is 1.03. The van der Waals surface area contributed by atoms with Crippen molar-refractivity contribution < 1.29 is 21.6 Å². The van der Waals surface area contributed by atoms with Crippen LogP contribution in [0.2, 0.25) is 10.0 Å². The molecule has 0 amide bonds. The summed E-state index contributed by atoms with van der Waals surface area (Å²) in [4.78, 5) is 34.2. The molecule has 0 radical (unpaired) electrons. The highest BCUT2D eigenvalue weighted by Gasteiger charge is 2.51. The molecule has 4 aromatic heterocycles. The van der Waals surface area contributed by atoms with Gasteiger partial charge < -0.3 is 41.8 Å². The highest BCUT2D eigenvalue weighted by Crippen LogP contribution is 2.55. The van der Waals surface area contributed by atoms with Gasteiger partial charge in [0.1, 0.15) is 5.82 Å². The van der Waals surface area contributed by atoms with Crippen LogP contribution >= 0.6 is 23.2 Å². The third-order valence-corrected chi connectivity index (χ3v) is 30.4. The zero-order valence-electron chi connectivity index (χ0n) is 66.7. The van der Waals surface area contributed by atoms with E-state index in [1.807, 2.05) is 51.2 Å². The monoisotopic (exact) mass is 1560 g/mol. The van der Waals surface area contributed by atoms with Crippen molar-refractivity contribution in [3.63, 3.8) is 0 Å². The van der Waals surface area contributed by atoms with Crippen molar-refractivity contribution in [3.05, 3.63) is 154 Å². The lowest BCUT2D eigenvalue weighted by Crippen LogP contribution is -2.59. The first-order valence-corrected chi connectivity index (χ1v) is 43.3. The molecule has 109 heavy (non-hydrogen) atoms. The van der Waals surface area contributed by atoms with Gasteiger partial charge in [-0.15, -0.1) is 0 Å². The lowest BCUT2D eigenvalue weighted by molar-refractivity contribution is -0.0230. The number of anilines is 2. The Hall–Kier alpha value is -6.17. The summed E-state index contributed by atoms with van der Waals surface area (Å²) >= 11 is 9.49. The minimum Gasteiger partial charge on any atom is -0.768 e. The molecule has 8 aromatic rings. The van der Waals surface area contributed by atoms with Crippen molar-refractivity contribution in [1.82, 2.24) is 44.6 Å². The highest BCUT2D eigenvalue weighted by atomic mass is 35.5. The number of aromatic nitrogens is 6. The van der Waals surface area contributed by atoms with E-state index in [0.717, 1.165) is 105 Å². The Morgan fingerprint density at radius 3 is 1.37 bits per heavy atom. The summed E-state index contributed by atoms with van der Waals surface area (Å²) in [6, 6.07) is 28.7. The molecule has 12 saturated carbocycles. The van der Waals surface area contributed by atoms with Crippen molar-refractivity contribution in [3.8, 4) is 22.3 Å². The van der Waals surface area contributed by atoms with Crippen LogP contribution in [0.4, 0.5) is 16.2 Å². The molecule has 1 unspecified atom stereocenters. The number of hydrogen-bond acceptors (Lipinski definition) is 17. The van der Waals surface area contributed by atoms with Gasteiger partial charge in [-0.2, -0.15) is 4.39 Å². The lowest BCUT2D eigenvalue weighted by atomic mass is 9.58. The van der Waals surface area contributed by atoms with E-state index in [0.29, 0.717) is 51.4 Å². The molecule has 17 nitrogen and oxygen atoms in total. The van der Waals surface area contributed by atoms with Gasteiger partial charge in [-0.05, 0) is 333 Å². The minimum absolute atomic E-state index is 0.0839. The third kappa shape index (κ3) is 19.2. The summed E-state index contributed by atoms with van der Waals surface area (Å²) in [5, 5.41) is 6.08. The first-order valence-electron chi connectivity index (χ1n) is 39.8. The average molecular weight is 1570 g/mol. The number of pyridine rings is 2. The zero-order chi connectivity index (χ0) is 78.5. The number of nitrogen functional groups attached to an aromatic ring is 1. The van der Waals surface area contributed by atoms with Gasteiger partial charge in [0.25, 0.3) is 0 Å². The van der Waals surface area contributed by atoms with Crippen LogP contribution in [-0.4, -0.2) is 137 Å². The number of aryl methyl sites for hydroxylation is 4. The van der Waals surface area contributed by atoms with Gasteiger partial charge in [0.15, 0.2) is 9.84 Å². The summed E-state index contributed by atoms with van der Waals surface area (Å²) < 4.78 is 60.2. The van der Waals surface area contributed by atoms with Crippen LogP contribution in [0.25, 0.3) is 44.1 Å². The van der Waals surface area contributed by atoms with Gasteiger partial charge in [0, 0.05) is 78.1 Å². The molecule has 590 valence electrons. The second-order valence-corrected chi connectivity index (χ2v) is 38.1. The van der Waals surface area contributed by atoms with E-state index in [9.17, 15) is 21.6 Å². The molecule has 8 bridgehead atoms. The molecular weight excluding hydrogens is 1450 g/mol. The molecule has 12 aliphatic carbocycles. The van der Waals surface area contributed by atoms with Crippen LogP contribution in [-0.2, 0) is 52.4 Å². The van der Waals surface area contributed by atoms with Crippen LogP contribution < -0.4 is 22.5 Å². The molecule has 12 fully saturated rings. The van der Waals surface area contributed by atoms with Crippen LogP contribution in [0.5, 0.6) is 0 Å². The Morgan fingerprint density at radius 2 is 0.927 bits per heavy atom. The number of hydrogen-bond donors (Lipinski definition) is 4. The molecule has 0 aliphatic heterocycles. The average Bonchev–Trinajstić information content (AvgIpc) is 0.746. The van der Waals surface area contributed by atoms with Gasteiger partial charge in [-0.1, -0.05) is 95.1 Å². The zero-order valence-corrected chi connectivity index (χ0v) is 69.9. The second-order valence-electron chi connectivity index (χ2n) is 34.4. The number of benzene rings is 4. The Labute approximate surface area is 661 Å². The normalized spacial score (nSPS) is 27.3. The summed E-state index contributed by atoms with van der Waals surface area (Å²) in [6.45, 7) is 13.2. The van der Waals surface area contributed by atoms with E-state index in [2.05, 4.69) is 110 Å². The molecule has 0 saturated heterocycles. The van der Waals surface area contributed by atoms with E-state index in [1.54, 1.807) is 42.5 Å². The number of sulfone groups is 1. The van der Waals surface area contributed by atoms with Crippen LogP contribution in [0, 0.1) is 16.9 Å². The number of rotatable bonds is 15. The Bertz CT molecular complexity index is 4520. The van der Waals surface area contributed by atoms with Crippen molar-refractivity contribution in [2.45, 2.75) is 270 Å². The van der Waals surface area contributed by atoms with Crippen LogP contribution in [0.15, 0.2) is 119 Å². The number of nitrogens with zero attached hydrogens (tertiary/aromatic N) is 9. The van der Waals surface area contributed by atoms with Gasteiger partial charge >= 0.3 is 6.08 Å². The Balaban J connectivity index is 0.000000147. The number of nitrogens with two attached hydrogens (primary N) is 3. The topological polar surface area (TPSA) is 251 Å². The van der Waals surface area contributed by atoms with E-state index in [4.69, 9.17) is 55.4 Å². The molecule has 12 aliphatic rings. The fraction of sp³-hybridized carbons (Fsp3) is 0.563. The van der Waals surface area contributed by atoms with Crippen molar-refractivity contribution >= 4 is 77.7 Å². The molecule has 4 aromatic carbocycles. The van der Waals surface area contributed by atoms with Crippen molar-refractivity contribution in [2.75, 3.05) is 53.3 Å². The maximum atomic E-state index is 13.3. The van der Waals surface area contributed by atoms with E-state index >= 15 is 0 Å². The van der Waals surface area contributed by atoms with E-state index in [-0.39, 0.29) is 42.2 Å². The van der Waals surface area contributed by atoms with E-state index < -0.39 is 27.0 Å². The predicted octanol–water partition coefficient (Wildman–Crippen LogP) is 18.4. The van der Waals surface area contributed by atoms with Crippen LogP contribution in [0.1, 0.15) is 224 Å². The molecule has 1 atom stereocenters. The fourth-order valence-corrected chi connectivity index (χ4v) is 21.2. The van der Waals surface area contributed by atoms with Crippen molar-refractivity contribution in [2.24, 2.45) is 22.3 Å². The molecule has 7 N–H and O–H groups in total. The predicted molar refractivity (Wildman–Crippen MR) is 445 cm³/mol. The minimum atomic E-state index is -3.63. The first-order chi connectivity index (χ1) is 51.7. The van der Waals surface area contributed by atoms with Gasteiger partial charge in [-0.25, -0.2) is 33.3 Å². The molecule has 22 heteroatoms.